The van der Waals surface area contributed by atoms with Gasteiger partial charge < -0.3 is 4.90 Å². The monoisotopic (exact) mass is 221 g/mol. The van der Waals surface area contributed by atoms with Gasteiger partial charge in [-0.25, -0.2) is 4.39 Å². The van der Waals surface area contributed by atoms with E-state index in [-0.39, 0.29) is 11.7 Å². The smallest absolute Gasteiger partial charge is 0.254 e. The van der Waals surface area contributed by atoms with Crippen LogP contribution >= 0.6 is 0 Å². The molecule has 1 aromatic carbocycles. The van der Waals surface area contributed by atoms with Gasteiger partial charge in [-0.05, 0) is 49.9 Å². The first-order valence-corrected chi connectivity index (χ1v) is 5.63. The van der Waals surface area contributed by atoms with Gasteiger partial charge in [-0.3, -0.25) is 4.79 Å². The first kappa shape index (κ1) is 11.1. The Kier molecular flexibility index (Phi) is 2.95. The number of nitrogens with zero attached hydrogens (tertiary/aromatic N) is 1. The van der Waals surface area contributed by atoms with E-state index in [1.54, 1.807) is 17.9 Å². The molecule has 1 amide bonds. The van der Waals surface area contributed by atoms with Crippen molar-refractivity contribution in [1.29, 1.82) is 0 Å². The van der Waals surface area contributed by atoms with Gasteiger partial charge in [0.15, 0.2) is 0 Å². The molecule has 2 nitrogen and oxygen atoms in total. The molecule has 1 saturated carbocycles. The second-order valence-corrected chi connectivity index (χ2v) is 4.46. The van der Waals surface area contributed by atoms with Crippen molar-refractivity contribution in [3.05, 3.63) is 35.1 Å². The average Bonchev–Trinajstić information content (AvgIpc) is 2.14. The predicted molar refractivity (Wildman–Crippen MR) is 60.9 cm³/mol. The van der Waals surface area contributed by atoms with Crippen LogP contribution in [0.5, 0.6) is 0 Å². The van der Waals surface area contributed by atoms with E-state index < -0.39 is 0 Å². The van der Waals surface area contributed by atoms with Crippen molar-refractivity contribution in [2.45, 2.75) is 32.2 Å². The second-order valence-electron chi connectivity index (χ2n) is 4.46. The molecule has 0 atom stereocenters. The minimum absolute atomic E-state index is 0.00204. The third-order valence-electron chi connectivity index (χ3n) is 3.36. The molecule has 3 heteroatoms. The van der Waals surface area contributed by atoms with Crippen LogP contribution in [0.1, 0.15) is 35.2 Å². The van der Waals surface area contributed by atoms with Gasteiger partial charge in [0.25, 0.3) is 5.91 Å². The van der Waals surface area contributed by atoms with Crippen molar-refractivity contribution >= 4 is 5.91 Å². The van der Waals surface area contributed by atoms with Gasteiger partial charge in [-0.2, -0.15) is 0 Å². The maximum absolute atomic E-state index is 12.9. The molecule has 0 spiro atoms. The van der Waals surface area contributed by atoms with Crippen LogP contribution in [0.25, 0.3) is 0 Å². The highest BCUT2D eigenvalue weighted by molar-refractivity contribution is 5.95. The number of amides is 1. The molecule has 0 heterocycles. The Bertz CT molecular complexity index is 412. The lowest BCUT2D eigenvalue weighted by Crippen LogP contribution is -2.41. The summed E-state index contributed by atoms with van der Waals surface area (Å²) in [5, 5.41) is 0. The minimum Gasteiger partial charge on any atom is -0.339 e. The summed E-state index contributed by atoms with van der Waals surface area (Å²) in [5.41, 5.74) is 1.31. The fourth-order valence-electron chi connectivity index (χ4n) is 2.00. The largest absolute Gasteiger partial charge is 0.339 e. The van der Waals surface area contributed by atoms with Crippen LogP contribution in [0.2, 0.25) is 0 Å². The van der Waals surface area contributed by atoms with Crippen molar-refractivity contribution in [1.82, 2.24) is 4.90 Å². The Balaban J connectivity index is 2.19. The van der Waals surface area contributed by atoms with Crippen LogP contribution in [-0.4, -0.2) is 23.9 Å². The lowest BCUT2D eigenvalue weighted by Gasteiger charge is -2.35. The quantitative estimate of drug-likeness (QED) is 0.752. The van der Waals surface area contributed by atoms with Crippen LogP contribution in [0, 0.1) is 12.7 Å². The summed E-state index contributed by atoms with van der Waals surface area (Å²) in [5.74, 6) is -0.289. The van der Waals surface area contributed by atoms with E-state index in [1.807, 2.05) is 7.05 Å². The van der Waals surface area contributed by atoms with Crippen LogP contribution in [0.3, 0.4) is 0 Å². The van der Waals surface area contributed by atoms with E-state index in [2.05, 4.69) is 0 Å². The molecule has 0 aliphatic heterocycles. The zero-order chi connectivity index (χ0) is 11.7. The third-order valence-corrected chi connectivity index (χ3v) is 3.36. The van der Waals surface area contributed by atoms with Gasteiger partial charge in [-0.1, -0.05) is 0 Å². The van der Waals surface area contributed by atoms with Gasteiger partial charge >= 0.3 is 0 Å². The molecule has 1 fully saturated rings. The van der Waals surface area contributed by atoms with Crippen LogP contribution < -0.4 is 0 Å². The molecule has 1 aliphatic rings. The molecule has 0 bridgehead atoms. The molecular formula is C13H16FNO. The number of aryl methyl sites for hydroxylation is 1. The highest BCUT2D eigenvalue weighted by Gasteiger charge is 2.26. The molecule has 0 unspecified atom stereocenters. The highest BCUT2D eigenvalue weighted by Crippen LogP contribution is 2.25. The summed E-state index contributed by atoms with van der Waals surface area (Å²) in [6.07, 6.45) is 3.37. The summed E-state index contributed by atoms with van der Waals surface area (Å²) < 4.78 is 12.9. The number of halogens is 1. The Labute approximate surface area is 95.1 Å². The topological polar surface area (TPSA) is 20.3 Å². The first-order valence-electron chi connectivity index (χ1n) is 5.63. The third kappa shape index (κ3) is 1.94. The fraction of sp³-hybridized carbons (Fsp3) is 0.462. The average molecular weight is 221 g/mol. The van der Waals surface area contributed by atoms with Crippen molar-refractivity contribution in [2.75, 3.05) is 7.05 Å². The van der Waals surface area contributed by atoms with E-state index in [0.717, 1.165) is 12.8 Å². The number of benzene rings is 1. The SMILES string of the molecule is Cc1cc(F)ccc1C(=O)N(C)C1CCC1. The second kappa shape index (κ2) is 4.24. The molecule has 0 radical (unpaired) electrons. The molecule has 1 aromatic rings. The number of hydrogen-bond donors (Lipinski definition) is 0. The van der Waals surface area contributed by atoms with Crippen LogP contribution in [0.4, 0.5) is 4.39 Å². The van der Waals surface area contributed by atoms with E-state index in [0.29, 0.717) is 17.2 Å². The van der Waals surface area contributed by atoms with Crippen molar-refractivity contribution in [3.8, 4) is 0 Å². The van der Waals surface area contributed by atoms with Crippen LogP contribution in [-0.2, 0) is 0 Å². The van der Waals surface area contributed by atoms with Crippen LogP contribution in [0.15, 0.2) is 18.2 Å². The fourth-order valence-corrected chi connectivity index (χ4v) is 2.00. The zero-order valence-corrected chi connectivity index (χ0v) is 9.66. The lowest BCUT2D eigenvalue weighted by molar-refractivity contribution is 0.0651. The van der Waals surface area contributed by atoms with Crippen molar-refractivity contribution < 1.29 is 9.18 Å². The molecular weight excluding hydrogens is 205 g/mol. The number of rotatable bonds is 2. The Morgan fingerprint density at radius 1 is 1.44 bits per heavy atom. The Hall–Kier alpha value is -1.38. The van der Waals surface area contributed by atoms with Gasteiger partial charge in [-0.15, -0.1) is 0 Å². The summed E-state index contributed by atoms with van der Waals surface area (Å²) >= 11 is 0. The van der Waals surface area contributed by atoms with Crippen molar-refractivity contribution in [3.63, 3.8) is 0 Å². The lowest BCUT2D eigenvalue weighted by atomic mass is 9.91. The van der Waals surface area contributed by atoms with E-state index >= 15 is 0 Å². The number of hydrogen-bond acceptors (Lipinski definition) is 1. The summed E-state index contributed by atoms with van der Waals surface area (Å²) in [4.78, 5) is 13.9. The molecule has 0 aromatic heterocycles. The zero-order valence-electron chi connectivity index (χ0n) is 9.66. The Morgan fingerprint density at radius 3 is 2.62 bits per heavy atom. The van der Waals surface area contributed by atoms with Gasteiger partial charge in [0.2, 0.25) is 0 Å². The molecule has 0 saturated heterocycles. The van der Waals surface area contributed by atoms with Crippen molar-refractivity contribution in [2.24, 2.45) is 0 Å². The minimum atomic E-state index is -0.291. The normalized spacial score (nSPS) is 15.7. The van der Waals surface area contributed by atoms with E-state index in [4.69, 9.17) is 0 Å². The summed E-state index contributed by atoms with van der Waals surface area (Å²) in [6, 6.07) is 4.69. The highest BCUT2D eigenvalue weighted by atomic mass is 19.1. The molecule has 2 rings (SSSR count). The van der Waals surface area contributed by atoms with Gasteiger partial charge in [0.1, 0.15) is 5.82 Å². The van der Waals surface area contributed by atoms with Gasteiger partial charge in [0.05, 0.1) is 0 Å². The first-order chi connectivity index (χ1) is 7.59. The number of carbonyl (C=O) groups is 1. The number of carbonyl (C=O) groups excluding carboxylic acids is 1. The summed E-state index contributed by atoms with van der Waals surface area (Å²) in [6.45, 7) is 1.77. The molecule has 86 valence electrons. The van der Waals surface area contributed by atoms with E-state index in [1.165, 1.54) is 18.6 Å². The molecule has 0 N–H and O–H groups in total. The maximum Gasteiger partial charge on any atom is 0.254 e. The Morgan fingerprint density at radius 2 is 2.12 bits per heavy atom. The maximum atomic E-state index is 12.9. The van der Waals surface area contributed by atoms with E-state index in [9.17, 15) is 9.18 Å². The predicted octanol–water partition coefficient (Wildman–Crippen LogP) is 2.76. The standard InChI is InChI=1S/C13H16FNO/c1-9-8-10(14)6-7-12(9)13(16)15(2)11-4-3-5-11/h6-8,11H,3-5H2,1-2H3. The summed E-state index contributed by atoms with van der Waals surface area (Å²) in [7, 11) is 1.83. The molecule has 1 aliphatic carbocycles. The van der Waals surface area contributed by atoms with Gasteiger partial charge in [0, 0.05) is 18.7 Å². The molecule has 16 heavy (non-hydrogen) atoms.